The van der Waals surface area contributed by atoms with E-state index in [-0.39, 0.29) is 18.6 Å². The average molecular weight is 457 g/mol. The van der Waals surface area contributed by atoms with E-state index in [4.69, 9.17) is 0 Å². The number of aryl methyl sites for hydroxylation is 2. The fourth-order valence-electron chi connectivity index (χ4n) is 3.47. The van der Waals surface area contributed by atoms with Gasteiger partial charge in [-0.1, -0.05) is 30.3 Å². The summed E-state index contributed by atoms with van der Waals surface area (Å²) in [7, 11) is -4.18. The molecule has 31 heavy (non-hydrogen) atoms. The molecule has 0 unspecified atom stereocenters. The lowest BCUT2D eigenvalue weighted by molar-refractivity contribution is 0.399. The van der Waals surface area contributed by atoms with Crippen molar-refractivity contribution >= 4 is 32.3 Å². The minimum absolute atomic E-state index is 0.0404. The molecule has 0 fully saturated rings. The number of rotatable bonds is 6. The highest BCUT2D eigenvalue weighted by molar-refractivity contribution is 7.89. The lowest BCUT2D eigenvalue weighted by Crippen LogP contribution is -2.33. The molecule has 0 radical (unpaired) electrons. The van der Waals surface area contributed by atoms with E-state index in [0.717, 1.165) is 37.3 Å². The number of thiophene rings is 1. The summed E-state index contributed by atoms with van der Waals surface area (Å²) < 4.78 is 42.2. The molecule has 2 heterocycles. The Kier molecular flexibility index (Phi) is 5.79. The van der Waals surface area contributed by atoms with E-state index in [1.54, 1.807) is 6.07 Å². The summed E-state index contributed by atoms with van der Waals surface area (Å²) in [5, 5.41) is 2.66. The van der Waals surface area contributed by atoms with Gasteiger partial charge in [0, 0.05) is 23.5 Å². The molecule has 0 atom stereocenters. The van der Waals surface area contributed by atoms with Crippen molar-refractivity contribution in [2.45, 2.75) is 31.8 Å². The smallest absolute Gasteiger partial charge is 0.252 e. The van der Waals surface area contributed by atoms with Crippen LogP contribution in [0.4, 0.5) is 4.39 Å². The highest BCUT2D eigenvalue weighted by Gasteiger charge is 2.28. The number of H-pyrrole nitrogens is 1. The van der Waals surface area contributed by atoms with E-state index in [1.807, 2.05) is 43.5 Å². The molecule has 2 aromatic heterocycles. The molecule has 0 aliphatic carbocycles. The number of nitrogens with zero attached hydrogens (tertiary/aromatic N) is 1. The predicted octanol–water partition coefficient (Wildman–Crippen LogP) is 4.74. The zero-order valence-electron chi connectivity index (χ0n) is 17.1. The van der Waals surface area contributed by atoms with Crippen LogP contribution in [-0.2, 0) is 23.1 Å². The lowest BCUT2D eigenvalue weighted by Gasteiger charge is -2.22. The van der Waals surface area contributed by atoms with Gasteiger partial charge in [-0.3, -0.25) is 4.79 Å². The van der Waals surface area contributed by atoms with Gasteiger partial charge in [0.1, 0.15) is 10.7 Å². The van der Waals surface area contributed by atoms with E-state index in [9.17, 15) is 17.6 Å². The third-order valence-electron chi connectivity index (χ3n) is 5.34. The van der Waals surface area contributed by atoms with Gasteiger partial charge in [-0.2, -0.15) is 4.31 Å². The Balaban J connectivity index is 1.80. The van der Waals surface area contributed by atoms with Crippen molar-refractivity contribution in [1.82, 2.24) is 9.29 Å². The van der Waals surface area contributed by atoms with Crippen LogP contribution in [0, 0.1) is 19.7 Å². The fourth-order valence-corrected chi connectivity index (χ4v) is 5.74. The van der Waals surface area contributed by atoms with Gasteiger partial charge in [0.25, 0.3) is 5.56 Å². The van der Waals surface area contributed by atoms with E-state index >= 15 is 0 Å². The van der Waals surface area contributed by atoms with Crippen LogP contribution in [0.5, 0.6) is 0 Å². The van der Waals surface area contributed by atoms with Gasteiger partial charge in [-0.15, -0.1) is 11.3 Å². The maximum absolute atomic E-state index is 14.4. The molecule has 2 aromatic carbocycles. The Labute approximate surface area is 183 Å². The first-order valence-electron chi connectivity index (χ1n) is 9.66. The summed E-state index contributed by atoms with van der Waals surface area (Å²) in [6, 6.07) is 14.5. The Bertz CT molecular complexity index is 1410. The first-order valence-corrected chi connectivity index (χ1v) is 12.0. The molecule has 0 saturated carbocycles. The molecule has 0 spiro atoms. The molecule has 5 nitrogen and oxygen atoms in total. The molecular formula is C23H21FN2O3S2. The van der Waals surface area contributed by atoms with Crippen molar-refractivity contribution in [3.8, 4) is 0 Å². The maximum atomic E-state index is 14.4. The zero-order valence-corrected chi connectivity index (χ0v) is 18.7. The first-order chi connectivity index (χ1) is 14.8. The minimum atomic E-state index is -4.18. The van der Waals surface area contributed by atoms with Crippen molar-refractivity contribution in [1.29, 1.82) is 0 Å². The third-order valence-corrected chi connectivity index (χ3v) is 8.03. The molecule has 0 saturated heterocycles. The summed E-state index contributed by atoms with van der Waals surface area (Å²) in [4.78, 5) is 16.1. The lowest BCUT2D eigenvalue weighted by atomic mass is 10.0. The average Bonchev–Trinajstić information content (AvgIpc) is 3.25. The number of aromatic amines is 1. The largest absolute Gasteiger partial charge is 0.321 e. The number of aromatic nitrogens is 1. The van der Waals surface area contributed by atoms with E-state index < -0.39 is 20.7 Å². The second kappa shape index (κ2) is 8.37. The number of benzene rings is 2. The number of sulfonamides is 1. The number of fused-ring (bicyclic) bond motifs is 1. The maximum Gasteiger partial charge on any atom is 0.252 e. The molecule has 160 valence electrons. The Morgan fingerprint density at radius 2 is 1.81 bits per heavy atom. The van der Waals surface area contributed by atoms with Gasteiger partial charge >= 0.3 is 0 Å². The van der Waals surface area contributed by atoms with Gasteiger partial charge in [-0.25, -0.2) is 12.8 Å². The van der Waals surface area contributed by atoms with E-state index in [2.05, 4.69) is 4.98 Å². The summed E-state index contributed by atoms with van der Waals surface area (Å²) >= 11 is 1.40. The van der Waals surface area contributed by atoms with Crippen LogP contribution in [0.15, 0.2) is 69.7 Å². The molecule has 0 aliphatic rings. The van der Waals surface area contributed by atoms with Gasteiger partial charge in [0.2, 0.25) is 10.0 Å². The van der Waals surface area contributed by atoms with Gasteiger partial charge in [-0.05, 0) is 60.0 Å². The molecule has 4 aromatic rings. The fraction of sp³-hybridized carbons (Fsp3) is 0.174. The highest BCUT2D eigenvalue weighted by atomic mass is 32.2. The van der Waals surface area contributed by atoms with E-state index in [0.29, 0.717) is 5.56 Å². The molecule has 4 rings (SSSR count). The van der Waals surface area contributed by atoms with E-state index in [1.165, 1.54) is 29.5 Å². The predicted molar refractivity (Wildman–Crippen MR) is 121 cm³/mol. The third kappa shape index (κ3) is 4.19. The number of halogens is 1. The Hall–Kier alpha value is -2.81. The molecule has 0 amide bonds. The van der Waals surface area contributed by atoms with Crippen molar-refractivity contribution in [2.75, 3.05) is 0 Å². The van der Waals surface area contributed by atoms with Gasteiger partial charge < -0.3 is 4.98 Å². The number of pyridine rings is 1. The second-order valence-corrected chi connectivity index (χ2v) is 10.3. The second-order valence-electron chi connectivity index (χ2n) is 7.38. The normalized spacial score (nSPS) is 12.0. The number of nitrogens with one attached hydrogen (secondary N) is 1. The minimum Gasteiger partial charge on any atom is -0.321 e. The zero-order chi connectivity index (χ0) is 22.2. The number of hydrogen-bond donors (Lipinski definition) is 1. The van der Waals surface area contributed by atoms with Crippen molar-refractivity contribution < 1.29 is 12.8 Å². The van der Waals surface area contributed by atoms with Gasteiger partial charge in [0.15, 0.2) is 0 Å². The van der Waals surface area contributed by atoms with Crippen molar-refractivity contribution in [3.05, 3.63) is 97.7 Å². The van der Waals surface area contributed by atoms with Crippen molar-refractivity contribution in [3.63, 3.8) is 0 Å². The van der Waals surface area contributed by atoms with Crippen LogP contribution in [0.2, 0.25) is 0 Å². The van der Waals surface area contributed by atoms with Crippen LogP contribution >= 0.6 is 11.3 Å². The molecule has 0 aliphatic heterocycles. The SMILES string of the molecule is Cc1ccc2cc(CN(Cc3cccs3)S(=O)(=O)c3ccccc3F)c(=O)[nH]c2c1C. The standard InChI is InChI=1S/C23H21FN2O3S2/c1-15-9-10-17-12-18(23(27)25-22(17)16(15)2)13-26(14-19-6-5-11-30-19)31(28,29)21-8-4-3-7-20(21)24/h3-12H,13-14H2,1-2H3,(H,25,27). The van der Waals surface area contributed by atoms with Crippen LogP contribution in [0.25, 0.3) is 10.9 Å². The van der Waals surface area contributed by atoms with Crippen molar-refractivity contribution in [2.24, 2.45) is 0 Å². The molecule has 8 heteroatoms. The monoisotopic (exact) mass is 456 g/mol. The summed E-state index contributed by atoms with van der Waals surface area (Å²) in [5.74, 6) is -0.822. The summed E-state index contributed by atoms with van der Waals surface area (Å²) in [6.07, 6.45) is 0. The highest BCUT2D eigenvalue weighted by Crippen LogP contribution is 2.25. The number of hydrogen-bond acceptors (Lipinski definition) is 4. The van der Waals surface area contributed by atoms with Crippen LogP contribution in [0.1, 0.15) is 21.6 Å². The molecular weight excluding hydrogens is 435 g/mol. The van der Waals surface area contributed by atoms with Crippen LogP contribution < -0.4 is 5.56 Å². The molecule has 0 bridgehead atoms. The van der Waals surface area contributed by atoms with Crippen LogP contribution in [-0.4, -0.2) is 17.7 Å². The summed E-state index contributed by atoms with van der Waals surface area (Å²) in [6.45, 7) is 3.76. The topological polar surface area (TPSA) is 70.2 Å². The van der Waals surface area contributed by atoms with Crippen LogP contribution in [0.3, 0.4) is 0 Å². The summed E-state index contributed by atoms with van der Waals surface area (Å²) in [5.41, 5.74) is 2.69. The first kappa shape index (κ1) is 21.4. The Morgan fingerprint density at radius 3 is 2.52 bits per heavy atom. The van der Waals surface area contributed by atoms with Gasteiger partial charge in [0.05, 0.1) is 5.52 Å². The molecule has 1 N–H and O–H groups in total. The Morgan fingerprint density at radius 1 is 1.03 bits per heavy atom. The quantitative estimate of drug-likeness (QED) is 0.456.